The maximum Gasteiger partial charge on any atom is 0.185 e. The van der Waals surface area contributed by atoms with E-state index in [2.05, 4.69) is 42.9 Å². The van der Waals surface area contributed by atoms with Gasteiger partial charge >= 0.3 is 0 Å². The smallest absolute Gasteiger partial charge is 0.185 e. The molecule has 2 aliphatic rings. The predicted octanol–water partition coefficient (Wildman–Crippen LogP) is 2.66. The zero-order valence-corrected chi connectivity index (χ0v) is 14.5. The lowest BCUT2D eigenvalue weighted by Gasteiger charge is -2.37. The van der Waals surface area contributed by atoms with Crippen LogP contribution in [0.1, 0.15) is 50.1 Å². The molecule has 0 aromatic carbocycles. The summed E-state index contributed by atoms with van der Waals surface area (Å²) in [6.45, 7) is 11.1. The fraction of sp³-hybridized carbons (Fsp3) is 0.812. The van der Waals surface area contributed by atoms with Crippen molar-refractivity contribution in [3.8, 4) is 0 Å². The lowest BCUT2D eigenvalue weighted by atomic mass is 10.1. The van der Waals surface area contributed by atoms with Crippen molar-refractivity contribution in [2.75, 3.05) is 31.6 Å². The second-order valence-electron chi connectivity index (χ2n) is 6.89. The summed E-state index contributed by atoms with van der Waals surface area (Å²) < 4.78 is 0. The molecule has 1 atom stereocenters. The highest BCUT2D eigenvalue weighted by molar-refractivity contribution is 7.15. The van der Waals surface area contributed by atoms with Crippen LogP contribution >= 0.6 is 11.3 Å². The summed E-state index contributed by atoms with van der Waals surface area (Å²) in [5, 5.41) is 4.87. The average Bonchev–Trinajstić information content (AvgIpc) is 3.17. The van der Waals surface area contributed by atoms with Crippen molar-refractivity contribution in [3.05, 3.63) is 10.6 Å². The number of nitrogens with zero attached hydrogens (tertiary/aromatic N) is 3. The van der Waals surface area contributed by atoms with Crippen molar-refractivity contribution >= 4 is 16.5 Å². The Morgan fingerprint density at radius 1 is 1.33 bits per heavy atom. The summed E-state index contributed by atoms with van der Waals surface area (Å²) in [6, 6.07) is 1.37. The van der Waals surface area contributed by atoms with Gasteiger partial charge in [-0.15, -0.1) is 11.3 Å². The van der Waals surface area contributed by atoms with Gasteiger partial charge in [-0.1, -0.05) is 13.8 Å². The van der Waals surface area contributed by atoms with E-state index in [1.165, 1.54) is 28.5 Å². The number of thiazole rings is 1. The number of hydrogen-bond donors (Lipinski definition) is 1. The number of aromatic nitrogens is 1. The van der Waals surface area contributed by atoms with Crippen LogP contribution in [0.3, 0.4) is 0 Å². The van der Waals surface area contributed by atoms with Gasteiger partial charge in [-0.05, 0) is 32.7 Å². The molecule has 2 fully saturated rings. The van der Waals surface area contributed by atoms with Gasteiger partial charge in [0.15, 0.2) is 5.13 Å². The molecular formula is C16H28N4S. The van der Waals surface area contributed by atoms with E-state index >= 15 is 0 Å². The second kappa shape index (κ2) is 6.23. The van der Waals surface area contributed by atoms with E-state index in [9.17, 15) is 0 Å². The third kappa shape index (κ3) is 3.58. The highest BCUT2D eigenvalue weighted by atomic mass is 32.1. The first-order valence-electron chi connectivity index (χ1n) is 8.22. The molecule has 0 spiro atoms. The number of piperazine rings is 1. The van der Waals surface area contributed by atoms with Crippen LogP contribution < -0.4 is 10.2 Å². The zero-order valence-electron chi connectivity index (χ0n) is 13.7. The SMILES string of the molecule is CC(C)c1nc(N2CCN(C)C(C)C2)sc1CNC1CC1. The molecule has 3 rings (SSSR count). The minimum absolute atomic E-state index is 0.510. The fourth-order valence-electron chi connectivity index (χ4n) is 2.81. The van der Waals surface area contributed by atoms with E-state index in [0.29, 0.717) is 12.0 Å². The fourth-order valence-corrected chi connectivity index (χ4v) is 4.01. The van der Waals surface area contributed by atoms with Crippen molar-refractivity contribution in [2.24, 2.45) is 0 Å². The van der Waals surface area contributed by atoms with Crippen molar-refractivity contribution in [1.82, 2.24) is 15.2 Å². The van der Waals surface area contributed by atoms with Crippen molar-refractivity contribution in [1.29, 1.82) is 0 Å². The average molecular weight is 308 g/mol. The van der Waals surface area contributed by atoms with Gasteiger partial charge in [-0.3, -0.25) is 0 Å². The molecule has 0 radical (unpaired) electrons. The summed E-state index contributed by atoms with van der Waals surface area (Å²) in [6.07, 6.45) is 2.69. The lowest BCUT2D eigenvalue weighted by molar-refractivity contribution is 0.234. The second-order valence-corrected chi connectivity index (χ2v) is 7.95. The normalized spacial score (nSPS) is 24.0. The summed E-state index contributed by atoms with van der Waals surface area (Å²) in [4.78, 5) is 11.3. The molecule has 0 amide bonds. The van der Waals surface area contributed by atoms with Gasteiger partial charge in [0, 0.05) is 43.1 Å². The Morgan fingerprint density at radius 3 is 2.71 bits per heavy atom. The van der Waals surface area contributed by atoms with Gasteiger partial charge in [0.1, 0.15) is 0 Å². The first-order chi connectivity index (χ1) is 10.0. The number of nitrogens with one attached hydrogen (secondary N) is 1. The first-order valence-corrected chi connectivity index (χ1v) is 9.04. The predicted molar refractivity (Wildman–Crippen MR) is 90.4 cm³/mol. The Labute approximate surface area is 132 Å². The Morgan fingerprint density at radius 2 is 2.10 bits per heavy atom. The van der Waals surface area contributed by atoms with E-state index < -0.39 is 0 Å². The van der Waals surface area contributed by atoms with E-state index in [4.69, 9.17) is 4.98 Å². The molecular weight excluding hydrogens is 280 g/mol. The largest absolute Gasteiger partial charge is 0.345 e. The number of likely N-dealkylation sites (N-methyl/N-ethyl adjacent to an activating group) is 1. The van der Waals surface area contributed by atoms with E-state index in [1.54, 1.807) is 0 Å². The minimum Gasteiger partial charge on any atom is -0.345 e. The topological polar surface area (TPSA) is 31.4 Å². The van der Waals surface area contributed by atoms with Crippen molar-refractivity contribution in [2.45, 2.75) is 58.2 Å². The van der Waals surface area contributed by atoms with Crippen molar-refractivity contribution < 1.29 is 0 Å². The Bertz CT molecular complexity index is 481. The Balaban J connectivity index is 1.73. The summed E-state index contributed by atoms with van der Waals surface area (Å²) >= 11 is 1.90. The van der Waals surface area contributed by atoms with Crippen LogP contribution in [0.5, 0.6) is 0 Å². The highest BCUT2D eigenvalue weighted by Gasteiger charge is 2.26. The molecule has 21 heavy (non-hydrogen) atoms. The van der Waals surface area contributed by atoms with Crippen LogP contribution in [0.25, 0.3) is 0 Å². The van der Waals surface area contributed by atoms with E-state index in [0.717, 1.165) is 32.2 Å². The number of rotatable bonds is 5. The molecule has 1 unspecified atom stereocenters. The molecule has 5 heteroatoms. The molecule has 0 bridgehead atoms. The van der Waals surface area contributed by atoms with Crippen molar-refractivity contribution in [3.63, 3.8) is 0 Å². The maximum absolute atomic E-state index is 4.98. The van der Waals surface area contributed by atoms with Crippen LogP contribution in [-0.4, -0.2) is 48.6 Å². The quantitative estimate of drug-likeness (QED) is 0.906. The molecule has 1 saturated carbocycles. The number of hydrogen-bond acceptors (Lipinski definition) is 5. The monoisotopic (exact) mass is 308 g/mol. The van der Waals surface area contributed by atoms with Gasteiger partial charge in [-0.2, -0.15) is 0 Å². The molecule has 1 aromatic heterocycles. The third-order valence-electron chi connectivity index (χ3n) is 4.62. The molecule has 1 saturated heterocycles. The van der Waals surface area contributed by atoms with Crippen LogP contribution in [-0.2, 0) is 6.54 Å². The Hall–Kier alpha value is -0.650. The summed E-state index contributed by atoms with van der Waals surface area (Å²) in [5.74, 6) is 0.510. The zero-order chi connectivity index (χ0) is 15.0. The van der Waals surface area contributed by atoms with Crippen LogP contribution in [0, 0.1) is 0 Å². The molecule has 4 nitrogen and oxygen atoms in total. The summed E-state index contributed by atoms with van der Waals surface area (Å²) in [7, 11) is 2.22. The number of anilines is 1. The molecule has 2 heterocycles. The summed E-state index contributed by atoms with van der Waals surface area (Å²) in [5.41, 5.74) is 1.30. The van der Waals surface area contributed by atoms with Gasteiger partial charge in [0.05, 0.1) is 5.69 Å². The van der Waals surface area contributed by atoms with Gasteiger partial charge in [0.2, 0.25) is 0 Å². The van der Waals surface area contributed by atoms with Gasteiger partial charge in [0.25, 0.3) is 0 Å². The molecule has 1 aliphatic heterocycles. The molecule has 1 N–H and O–H groups in total. The van der Waals surface area contributed by atoms with Crippen LogP contribution in [0.4, 0.5) is 5.13 Å². The molecule has 1 aromatic rings. The highest BCUT2D eigenvalue weighted by Crippen LogP contribution is 2.32. The molecule has 1 aliphatic carbocycles. The lowest BCUT2D eigenvalue weighted by Crippen LogP contribution is -2.50. The molecule has 118 valence electrons. The standard InChI is InChI=1S/C16H28N4S/c1-11(2)15-14(9-17-13-5-6-13)21-16(18-15)20-8-7-19(4)12(3)10-20/h11-13,17H,5-10H2,1-4H3. The van der Waals surface area contributed by atoms with Gasteiger partial charge in [-0.25, -0.2) is 4.98 Å². The van der Waals surface area contributed by atoms with Crippen LogP contribution in [0.2, 0.25) is 0 Å². The van der Waals surface area contributed by atoms with Crippen LogP contribution in [0.15, 0.2) is 0 Å². The van der Waals surface area contributed by atoms with E-state index in [-0.39, 0.29) is 0 Å². The van der Waals surface area contributed by atoms with E-state index in [1.807, 2.05) is 11.3 Å². The third-order valence-corrected chi connectivity index (χ3v) is 5.75. The van der Waals surface area contributed by atoms with Gasteiger partial charge < -0.3 is 15.1 Å². The minimum atomic E-state index is 0.510. The Kier molecular flexibility index (Phi) is 4.52. The first kappa shape index (κ1) is 15.3. The maximum atomic E-state index is 4.98.